The van der Waals surface area contributed by atoms with Crippen LogP contribution in [0.4, 0.5) is 31.9 Å². The van der Waals surface area contributed by atoms with Crippen LogP contribution in [0.3, 0.4) is 0 Å². The van der Waals surface area contributed by atoms with Crippen molar-refractivity contribution in [2.75, 3.05) is 22.1 Å². The molecule has 12 heteroatoms. The van der Waals surface area contributed by atoms with Gasteiger partial charge in [-0.25, -0.2) is 18.6 Å². The standard InChI is InChI=1S/C23H21ClF2N6O3/c1-10-9-35-21(34)17-18(28-10)13-5-11(3-4-15(13)31(2)20(17)33)29-19-14(24)8-27-22(30-19)32-12-6-16(32)23(25,26)7-12/h3-5,8,10,12,16,28H,6-7,9H2,1-2H3,(H,27,29,30)/t10-,12?,16?/m0/s1. The van der Waals surface area contributed by atoms with Crippen LogP contribution < -0.4 is 21.1 Å². The molecule has 3 fully saturated rings. The number of aryl methyl sites for hydroxylation is 1. The Morgan fingerprint density at radius 1 is 1.31 bits per heavy atom. The lowest BCUT2D eigenvalue weighted by molar-refractivity contribution is 0.00447. The van der Waals surface area contributed by atoms with Gasteiger partial charge in [-0.1, -0.05) is 11.6 Å². The molecule has 0 amide bonds. The molecule has 7 rings (SSSR count). The molecule has 1 aliphatic carbocycles. The number of halogens is 3. The highest BCUT2D eigenvalue weighted by molar-refractivity contribution is 6.33. The topological polar surface area (TPSA) is 101 Å². The maximum Gasteiger partial charge on any atom is 0.346 e. The second-order valence-corrected chi connectivity index (χ2v) is 9.67. The van der Waals surface area contributed by atoms with Crippen molar-refractivity contribution in [1.29, 1.82) is 0 Å². The van der Waals surface area contributed by atoms with Crippen molar-refractivity contribution in [1.82, 2.24) is 14.5 Å². The summed E-state index contributed by atoms with van der Waals surface area (Å²) in [6.07, 6.45) is 1.61. The molecule has 3 aliphatic heterocycles. The molecule has 3 aromatic rings. The third-order valence-corrected chi connectivity index (χ3v) is 7.18. The van der Waals surface area contributed by atoms with E-state index in [-0.39, 0.29) is 47.5 Å². The van der Waals surface area contributed by atoms with Crippen LogP contribution in [0.5, 0.6) is 0 Å². The third-order valence-electron chi connectivity index (χ3n) is 6.90. The van der Waals surface area contributed by atoms with Crippen molar-refractivity contribution < 1.29 is 18.3 Å². The first-order valence-corrected chi connectivity index (χ1v) is 11.6. The molecule has 2 bridgehead atoms. The largest absolute Gasteiger partial charge is 0.460 e. The monoisotopic (exact) mass is 502 g/mol. The number of hydrogen-bond donors (Lipinski definition) is 2. The molecule has 2 saturated heterocycles. The van der Waals surface area contributed by atoms with E-state index in [9.17, 15) is 18.4 Å². The Bertz CT molecular complexity index is 1460. The summed E-state index contributed by atoms with van der Waals surface area (Å²) in [5.41, 5.74) is 1.08. The second kappa shape index (κ2) is 7.51. The quantitative estimate of drug-likeness (QED) is 0.523. The Balaban J connectivity index is 1.40. The highest BCUT2D eigenvalue weighted by Gasteiger charge is 2.63. The van der Waals surface area contributed by atoms with Crippen LogP contribution in [0.15, 0.2) is 29.2 Å². The summed E-state index contributed by atoms with van der Waals surface area (Å²) in [5, 5.41) is 7.20. The van der Waals surface area contributed by atoms with Gasteiger partial charge in [0.1, 0.15) is 17.2 Å². The van der Waals surface area contributed by atoms with Gasteiger partial charge in [0.05, 0.1) is 29.5 Å². The molecule has 0 spiro atoms. The van der Waals surface area contributed by atoms with Gasteiger partial charge in [-0.2, -0.15) is 4.98 Å². The molecular weight excluding hydrogens is 482 g/mol. The number of esters is 1. The number of carbonyl (C=O) groups excluding carboxylic acids is 1. The molecule has 5 heterocycles. The number of alkyl halides is 2. The SMILES string of the molecule is C[C@H]1COC(=O)c2c(c3cc(Nc4nc(N5C6CC5C(F)(F)C6)ncc4Cl)ccc3n(C)c2=O)N1. The number of fused-ring (bicyclic) bond motifs is 4. The van der Waals surface area contributed by atoms with E-state index in [0.717, 1.165) is 0 Å². The number of ether oxygens (including phenoxy) is 1. The van der Waals surface area contributed by atoms with Crippen LogP contribution in [0, 0.1) is 0 Å². The number of aromatic nitrogens is 3. The number of nitrogens with one attached hydrogen (secondary N) is 2. The Morgan fingerprint density at radius 2 is 2.11 bits per heavy atom. The molecule has 2 N–H and O–H groups in total. The first kappa shape index (κ1) is 22.0. The van der Waals surface area contributed by atoms with Crippen molar-refractivity contribution in [2.45, 2.75) is 43.8 Å². The number of hydrogen-bond acceptors (Lipinski definition) is 8. The highest BCUT2D eigenvalue weighted by atomic mass is 35.5. The van der Waals surface area contributed by atoms with E-state index >= 15 is 0 Å². The van der Waals surface area contributed by atoms with Gasteiger partial charge in [0.2, 0.25) is 5.95 Å². The average Bonchev–Trinajstić information content (AvgIpc) is 3.20. The van der Waals surface area contributed by atoms with E-state index < -0.39 is 23.5 Å². The van der Waals surface area contributed by atoms with Crippen molar-refractivity contribution in [2.24, 2.45) is 7.05 Å². The number of nitrogens with zero attached hydrogens (tertiary/aromatic N) is 4. The fourth-order valence-corrected chi connectivity index (χ4v) is 5.28. The van der Waals surface area contributed by atoms with Crippen LogP contribution in [-0.4, -0.2) is 51.2 Å². The van der Waals surface area contributed by atoms with Crippen molar-refractivity contribution >= 4 is 51.6 Å². The van der Waals surface area contributed by atoms with Gasteiger partial charge in [0, 0.05) is 30.6 Å². The Kier molecular flexibility index (Phi) is 4.73. The first-order valence-electron chi connectivity index (χ1n) is 11.2. The van der Waals surface area contributed by atoms with Crippen molar-refractivity contribution in [3.05, 3.63) is 45.3 Å². The maximum atomic E-state index is 14.1. The lowest BCUT2D eigenvalue weighted by Crippen LogP contribution is -2.53. The lowest BCUT2D eigenvalue weighted by Gasteiger charge is -2.40. The zero-order valence-electron chi connectivity index (χ0n) is 18.8. The molecule has 182 valence electrons. The number of carbonyl (C=O) groups is 1. The number of cyclic esters (lactones) is 1. The van der Waals surface area contributed by atoms with Gasteiger partial charge in [-0.15, -0.1) is 0 Å². The van der Waals surface area contributed by atoms with Gasteiger partial charge in [-0.05, 0) is 31.5 Å². The summed E-state index contributed by atoms with van der Waals surface area (Å²) in [7, 11) is 1.59. The average molecular weight is 503 g/mol. The summed E-state index contributed by atoms with van der Waals surface area (Å²) in [6, 6.07) is 3.88. The molecule has 1 aromatic carbocycles. The van der Waals surface area contributed by atoms with Crippen molar-refractivity contribution in [3.8, 4) is 0 Å². The van der Waals surface area contributed by atoms with Gasteiger partial charge in [0.25, 0.3) is 11.5 Å². The molecule has 0 radical (unpaired) electrons. The molecular formula is C23H21ClF2N6O3. The smallest absolute Gasteiger partial charge is 0.346 e. The molecule has 2 aromatic heterocycles. The minimum Gasteiger partial charge on any atom is -0.460 e. The minimum absolute atomic E-state index is 0.0574. The van der Waals surface area contributed by atoms with Gasteiger partial charge < -0.3 is 24.8 Å². The number of anilines is 4. The van der Waals surface area contributed by atoms with Crippen LogP contribution in [0.1, 0.15) is 30.1 Å². The van der Waals surface area contributed by atoms with Crippen LogP contribution in [-0.2, 0) is 11.8 Å². The zero-order valence-corrected chi connectivity index (χ0v) is 19.6. The predicted molar refractivity (Wildman–Crippen MR) is 127 cm³/mol. The summed E-state index contributed by atoms with van der Waals surface area (Å²) in [6.45, 7) is 1.98. The van der Waals surface area contributed by atoms with E-state index in [2.05, 4.69) is 20.6 Å². The normalized spacial score (nSPS) is 24.3. The molecule has 1 saturated carbocycles. The number of benzene rings is 1. The molecule has 2 unspecified atom stereocenters. The predicted octanol–water partition coefficient (Wildman–Crippen LogP) is 3.68. The van der Waals surface area contributed by atoms with Crippen molar-refractivity contribution in [3.63, 3.8) is 0 Å². The fraction of sp³-hybridized carbons (Fsp3) is 0.391. The van der Waals surface area contributed by atoms with E-state index in [0.29, 0.717) is 28.7 Å². The number of rotatable bonds is 3. The Morgan fingerprint density at radius 3 is 2.83 bits per heavy atom. The molecule has 9 nitrogen and oxygen atoms in total. The molecule has 35 heavy (non-hydrogen) atoms. The Hall–Kier alpha value is -3.47. The van der Waals surface area contributed by atoms with E-state index in [1.165, 1.54) is 10.8 Å². The van der Waals surface area contributed by atoms with E-state index in [4.69, 9.17) is 16.3 Å². The van der Waals surface area contributed by atoms with E-state index in [1.807, 2.05) is 6.92 Å². The maximum absolute atomic E-state index is 14.1. The lowest BCUT2D eigenvalue weighted by atomic mass is 10.0. The van der Waals surface area contributed by atoms with Crippen LogP contribution in [0.2, 0.25) is 5.02 Å². The molecule has 3 atom stereocenters. The van der Waals surface area contributed by atoms with Crippen LogP contribution in [0.25, 0.3) is 10.9 Å². The number of pyridine rings is 1. The minimum atomic E-state index is -2.75. The van der Waals surface area contributed by atoms with Crippen LogP contribution >= 0.6 is 11.6 Å². The summed E-state index contributed by atoms with van der Waals surface area (Å²) < 4.78 is 34.8. The Labute approximate surface area is 203 Å². The third kappa shape index (κ3) is 3.32. The first-order chi connectivity index (χ1) is 16.6. The fourth-order valence-electron chi connectivity index (χ4n) is 5.14. The van der Waals surface area contributed by atoms with E-state index in [1.54, 1.807) is 30.1 Å². The zero-order chi connectivity index (χ0) is 24.6. The molecule has 4 aliphatic rings. The van der Waals surface area contributed by atoms with Gasteiger partial charge >= 0.3 is 5.97 Å². The summed E-state index contributed by atoms with van der Waals surface area (Å²) in [4.78, 5) is 35.6. The summed E-state index contributed by atoms with van der Waals surface area (Å²) in [5.74, 6) is -2.96. The second-order valence-electron chi connectivity index (χ2n) is 9.26. The van der Waals surface area contributed by atoms with Gasteiger partial charge in [0.15, 0.2) is 5.82 Å². The highest BCUT2D eigenvalue weighted by Crippen LogP contribution is 2.51. The van der Waals surface area contributed by atoms with Gasteiger partial charge in [-0.3, -0.25) is 4.79 Å². The summed E-state index contributed by atoms with van der Waals surface area (Å²) >= 11 is 6.32.